The number of hydrogen-bond acceptors (Lipinski definition) is 4. The molecule has 1 saturated heterocycles. The maximum atomic E-state index is 12.8. The largest absolute Gasteiger partial charge is 0.355 e. The topological polar surface area (TPSA) is 92.5 Å². The lowest BCUT2D eigenvalue weighted by atomic mass is 9.99. The van der Waals surface area contributed by atoms with E-state index in [1.165, 1.54) is 16.4 Å². The molecular weight excluding hydrogens is 409 g/mol. The van der Waals surface area contributed by atoms with E-state index in [0.29, 0.717) is 48.1 Å². The number of hydrogen-bond donors (Lipinski definition) is 2. The number of piperidine rings is 1. The van der Waals surface area contributed by atoms with Gasteiger partial charge in [0.25, 0.3) is 0 Å². The van der Waals surface area contributed by atoms with Crippen molar-refractivity contribution in [1.29, 1.82) is 0 Å². The van der Waals surface area contributed by atoms with Crippen molar-refractivity contribution in [3.63, 3.8) is 0 Å². The Kier molecular flexibility index (Phi) is 8.44. The Morgan fingerprint density at radius 2 is 1.96 bits per heavy atom. The van der Waals surface area contributed by atoms with Crippen molar-refractivity contribution in [2.24, 2.45) is 11.7 Å². The van der Waals surface area contributed by atoms with Crippen LogP contribution in [0.4, 0.5) is 0 Å². The average Bonchev–Trinajstić information content (AvgIpc) is 2.57. The van der Waals surface area contributed by atoms with Crippen LogP contribution in [0, 0.1) is 12.8 Å². The molecule has 142 valence electrons. The lowest BCUT2D eigenvalue weighted by Gasteiger charge is -2.31. The average molecular weight is 431 g/mol. The second-order valence-electron chi connectivity index (χ2n) is 5.79. The molecule has 1 aromatic rings. The summed E-state index contributed by atoms with van der Waals surface area (Å²) in [7, 11) is -3.75. The molecule has 1 aliphatic rings. The molecule has 0 aliphatic carbocycles. The summed E-state index contributed by atoms with van der Waals surface area (Å²) < 4.78 is 27.0. The van der Waals surface area contributed by atoms with Gasteiger partial charge in [-0.15, -0.1) is 12.4 Å². The van der Waals surface area contributed by atoms with E-state index in [1.54, 1.807) is 6.92 Å². The predicted octanol–water partition coefficient (Wildman–Crippen LogP) is 2.20. The third-order valence-electron chi connectivity index (χ3n) is 4.09. The first-order valence-corrected chi connectivity index (χ1v) is 9.90. The van der Waals surface area contributed by atoms with Gasteiger partial charge in [-0.2, -0.15) is 4.31 Å². The van der Waals surface area contributed by atoms with Crippen molar-refractivity contribution < 1.29 is 13.2 Å². The van der Waals surface area contributed by atoms with Crippen LogP contribution in [0.15, 0.2) is 17.0 Å². The Morgan fingerprint density at radius 3 is 2.52 bits per heavy atom. The number of nitrogens with two attached hydrogens (primary N) is 1. The van der Waals surface area contributed by atoms with Gasteiger partial charge >= 0.3 is 0 Å². The standard InChI is InChI=1S/C15H21Cl2N3O3S.ClH/c1-10-13(16)7-12(8-14(10)17)24(22,23)20-6-2-3-11(9-20)15(21)19-5-4-18;/h7-8,11H,2-6,9,18H2,1H3,(H,19,21);1H. The summed E-state index contributed by atoms with van der Waals surface area (Å²) >= 11 is 12.1. The number of halogens is 3. The van der Waals surface area contributed by atoms with Crippen LogP contribution in [0.2, 0.25) is 10.0 Å². The van der Waals surface area contributed by atoms with Gasteiger partial charge in [-0.25, -0.2) is 8.42 Å². The van der Waals surface area contributed by atoms with Gasteiger partial charge in [0.15, 0.2) is 0 Å². The molecule has 0 aromatic heterocycles. The first-order chi connectivity index (χ1) is 11.3. The molecule has 10 heteroatoms. The van der Waals surface area contributed by atoms with Crippen molar-refractivity contribution in [3.05, 3.63) is 27.7 Å². The minimum absolute atomic E-state index is 0. The van der Waals surface area contributed by atoms with Gasteiger partial charge in [-0.05, 0) is 37.5 Å². The monoisotopic (exact) mass is 429 g/mol. The zero-order valence-electron chi connectivity index (χ0n) is 13.8. The van der Waals surface area contributed by atoms with Crippen LogP contribution in [0.5, 0.6) is 0 Å². The molecule has 0 bridgehead atoms. The van der Waals surface area contributed by atoms with Gasteiger partial charge < -0.3 is 11.1 Å². The van der Waals surface area contributed by atoms with E-state index in [0.717, 1.165) is 0 Å². The van der Waals surface area contributed by atoms with Crippen molar-refractivity contribution >= 4 is 51.5 Å². The first-order valence-electron chi connectivity index (χ1n) is 7.71. The number of sulfonamides is 1. The SMILES string of the molecule is Cc1c(Cl)cc(S(=O)(=O)N2CCCC(C(=O)NCCN)C2)cc1Cl.Cl. The minimum atomic E-state index is -3.75. The second kappa shape index (κ2) is 9.39. The van der Waals surface area contributed by atoms with E-state index in [2.05, 4.69) is 5.32 Å². The Hall–Kier alpha value is -0.570. The predicted molar refractivity (Wildman–Crippen MR) is 102 cm³/mol. The maximum Gasteiger partial charge on any atom is 0.243 e. The highest BCUT2D eigenvalue weighted by Gasteiger charge is 2.33. The molecule has 1 aliphatic heterocycles. The number of amides is 1. The fraction of sp³-hybridized carbons (Fsp3) is 0.533. The number of carbonyl (C=O) groups excluding carboxylic acids is 1. The van der Waals surface area contributed by atoms with E-state index >= 15 is 0 Å². The van der Waals surface area contributed by atoms with Gasteiger partial charge in [-0.1, -0.05) is 23.2 Å². The van der Waals surface area contributed by atoms with Crippen molar-refractivity contribution in [2.45, 2.75) is 24.7 Å². The fourth-order valence-corrected chi connectivity index (χ4v) is 4.83. The third-order valence-corrected chi connectivity index (χ3v) is 6.72. The highest BCUT2D eigenvalue weighted by Crippen LogP contribution is 2.31. The van der Waals surface area contributed by atoms with Crippen LogP contribution in [-0.4, -0.2) is 44.8 Å². The molecule has 1 aromatic carbocycles. The summed E-state index contributed by atoms with van der Waals surface area (Å²) in [6.07, 6.45) is 1.27. The lowest BCUT2D eigenvalue weighted by molar-refractivity contribution is -0.126. The van der Waals surface area contributed by atoms with Crippen molar-refractivity contribution in [1.82, 2.24) is 9.62 Å². The summed E-state index contributed by atoms with van der Waals surface area (Å²) in [4.78, 5) is 12.1. The van der Waals surface area contributed by atoms with Gasteiger partial charge in [0, 0.05) is 36.2 Å². The third kappa shape index (κ3) is 5.21. The number of benzene rings is 1. The number of nitrogens with zero attached hydrogens (tertiary/aromatic N) is 1. The smallest absolute Gasteiger partial charge is 0.243 e. The quantitative estimate of drug-likeness (QED) is 0.749. The van der Waals surface area contributed by atoms with E-state index in [1.807, 2.05) is 0 Å². The van der Waals surface area contributed by atoms with Gasteiger partial charge in [0.2, 0.25) is 15.9 Å². The fourth-order valence-electron chi connectivity index (χ4n) is 2.63. The minimum Gasteiger partial charge on any atom is -0.355 e. The zero-order chi connectivity index (χ0) is 17.9. The Labute approximate surface area is 164 Å². The lowest BCUT2D eigenvalue weighted by Crippen LogP contribution is -2.46. The van der Waals surface area contributed by atoms with Crippen LogP contribution in [0.3, 0.4) is 0 Å². The summed E-state index contributed by atoms with van der Waals surface area (Å²) in [5, 5.41) is 3.31. The highest BCUT2D eigenvalue weighted by molar-refractivity contribution is 7.89. The molecule has 25 heavy (non-hydrogen) atoms. The normalized spacial score (nSPS) is 18.5. The molecule has 0 saturated carbocycles. The van der Waals surface area contributed by atoms with Gasteiger partial charge in [0.1, 0.15) is 0 Å². The molecule has 1 heterocycles. The molecule has 1 unspecified atom stereocenters. The van der Waals surface area contributed by atoms with E-state index < -0.39 is 10.0 Å². The molecule has 0 spiro atoms. The summed E-state index contributed by atoms with van der Waals surface area (Å²) in [5.74, 6) is -0.545. The Balaban J connectivity index is 0.00000312. The van der Waals surface area contributed by atoms with E-state index in [4.69, 9.17) is 28.9 Å². The number of rotatable bonds is 5. The summed E-state index contributed by atoms with van der Waals surface area (Å²) in [5.41, 5.74) is 6.01. The van der Waals surface area contributed by atoms with Crippen LogP contribution in [0.25, 0.3) is 0 Å². The number of carbonyl (C=O) groups is 1. The summed E-state index contributed by atoms with van der Waals surface area (Å²) in [6.45, 7) is 2.96. The molecule has 6 nitrogen and oxygen atoms in total. The second-order valence-corrected chi connectivity index (χ2v) is 8.55. The highest BCUT2D eigenvalue weighted by atomic mass is 35.5. The molecule has 3 N–H and O–H groups in total. The van der Waals surface area contributed by atoms with Crippen LogP contribution >= 0.6 is 35.6 Å². The van der Waals surface area contributed by atoms with Crippen molar-refractivity contribution in [3.8, 4) is 0 Å². The number of nitrogens with one attached hydrogen (secondary N) is 1. The molecular formula is C15H22Cl3N3O3S. The summed E-state index contributed by atoms with van der Waals surface area (Å²) in [6, 6.07) is 2.80. The Morgan fingerprint density at radius 1 is 1.36 bits per heavy atom. The van der Waals surface area contributed by atoms with Crippen LogP contribution in [-0.2, 0) is 14.8 Å². The van der Waals surface area contributed by atoms with E-state index in [-0.39, 0.29) is 35.7 Å². The molecule has 2 rings (SSSR count). The van der Waals surface area contributed by atoms with E-state index in [9.17, 15) is 13.2 Å². The van der Waals surface area contributed by atoms with Gasteiger partial charge in [-0.3, -0.25) is 4.79 Å². The van der Waals surface area contributed by atoms with Crippen LogP contribution < -0.4 is 11.1 Å². The zero-order valence-corrected chi connectivity index (χ0v) is 16.9. The molecule has 1 atom stereocenters. The van der Waals surface area contributed by atoms with Gasteiger partial charge in [0.05, 0.1) is 10.8 Å². The molecule has 1 fully saturated rings. The molecule has 1 amide bonds. The maximum absolute atomic E-state index is 12.8. The van der Waals surface area contributed by atoms with Crippen LogP contribution in [0.1, 0.15) is 18.4 Å². The van der Waals surface area contributed by atoms with Crippen molar-refractivity contribution in [2.75, 3.05) is 26.2 Å². The first kappa shape index (κ1) is 22.5. The molecule has 0 radical (unpaired) electrons. The Bertz CT molecular complexity index is 705.